The number of nitrogens with zero attached hydrogens (tertiary/aromatic N) is 3. The fraction of sp³-hybridized carbons (Fsp3) is 0.319. The predicted molar refractivity (Wildman–Crippen MR) is 236 cm³/mol. The van der Waals surface area contributed by atoms with Crippen LogP contribution in [0.2, 0.25) is 15.2 Å². The summed E-state index contributed by atoms with van der Waals surface area (Å²) in [5.41, 5.74) is 7.51. The van der Waals surface area contributed by atoms with E-state index in [2.05, 4.69) is 15.2 Å². The summed E-state index contributed by atoms with van der Waals surface area (Å²) < 4.78 is 38.3. The number of ether oxygens (including phenoxy) is 4. The summed E-state index contributed by atoms with van der Waals surface area (Å²) in [7, 11) is -1.00. The highest BCUT2D eigenvalue weighted by Gasteiger charge is 2.42. The van der Waals surface area contributed by atoms with Gasteiger partial charge in [-0.3, -0.25) is 14.0 Å². The van der Waals surface area contributed by atoms with Crippen molar-refractivity contribution in [2.24, 2.45) is 0 Å². The molecule has 2 spiro atoms. The number of fused-ring (bicyclic) bond motifs is 10. The summed E-state index contributed by atoms with van der Waals surface area (Å²) in [6.07, 6.45) is 3.59. The largest absolute Gasteiger partial charge is 0.356 e. The Morgan fingerprint density at radius 1 is 0.623 bits per heavy atom. The fourth-order valence-corrected chi connectivity index (χ4v) is 9.77. The van der Waals surface area contributed by atoms with E-state index in [1.807, 2.05) is 66.7 Å². The van der Waals surface area contributed by atoms with Crippen molar-refractivity contribution in [3.63, 3.8) is 0 Å². The van der Waals surface area contributed by atoms with Crippen molar-refractivity contribution in [1.29, 1.82) is 0 Å². The lowest BCUT2D eigenvalue weighted by Gasteiger charge is -2.38. The van der Waals surface area contributed by atoms with Crippen molar-refractivity contribution in [3.8, 4) is 22.3 Å². The zero-order chi connectivity index (χ0) is 43.0. The lowest BCUT2D eigenvalue weighted by molar-refractivity contribution is -0.172. The van der Waals surface area contributed by atoms with E-state index in [0.29, 0.717) is 50.7 Å². The topological polar surface area (TPSA) is 112 Å². The van der Waals surface area contributed by atoms with Crippen LogP contribution in [0.1, 0.15) is 58.9 Å². The predicted octanol–water partition coefficient (Wildman–Crippen LogP) is 9.89. The molecule has 61 heavy (non-hydrogen) atoms. The molecule has 314 valence electrons. The summed E-state index contributed by atoms with van der Waals surface area (Å²) in [5.74, 6) is 0.204. The number of benzene rings is 4. The molecule has 0 radical (unpaired) electrons. The van der Waals surface area contributed by atoms with Crippen LogP contribution in [0.15, 0.2) is 84.9 Å². The monoisotopic (exact) mass is 883 g/mol. The number of carbonyl (C=O) groups is 2. The maximum atomic E-state index is 13.3. The van der Waals surface area contributed by atoms with Gasteiger partial charge in [0.15, 0.2) is 23.1 Å². The third kappa shape index (κ3) is 7.70. The van der Waals surface area contributed by atoms with Crippen LogP contribution in [0, 0.1) is 0 Å². The molecule has 0 atom stereocenters. The Kier molecular flexibility index (Phi) is 11.5. The van der Waals surface area contributed by atoms with E-state index in [1.165, 1.54) is 0 Å². The average Bonchev–Trinajstić information content (AvgIpc) is 4.07. The number of nitrogens with one attached hydrogen (secondary N) is 1. The molecule has 6 aliphatic rings. The molecule has 14 heteroatoms. The van der Waals surface area contributed by atoms with Gasteiger partial charge in [-0.25, -0.2) is 9.97 Å². The molecule has 0 unspecified atom stereocenters. The first-order valence-electron chi connectivity index (χ1n) is 20.9. The first-order chi connectivity index (χ1) is 30.1. The molecule has 10 nitrogen and oxygen atoms in total. The number of hydrogen-bond acceptors (Lipinski definition) is 10. The van der Waals surface area contributed by atoms with Crippen LogP contribution in [0.25, 0.3) is 44.1 Å². The minimum absolute atomic E-state index is 0.0216. The Hall–Kier alpha value is -4.56. The molecule has 1 N–H and O–H groups in total. The zero-order valence-corrected chi connectivity index (χ0v) is 35.3. The second-order valence-corrected chi connectivity index (χ2v) is 16.6. The summed E-state index contributed by atoms with van der Waals surface area (Å²) in [5, 5.41) is 6.45. The third-order valence-electron chi connectivity index (χ3n) is 12.0. The van der Waals surface area contributed by atoms with E-state index in [1.54, 1.807) is 18.2 Å². The number of para-hydroxylation sites is 2. The summed E-state index contributed by atoms with van der Waals surface area (Å²) in [4.78, 5) is 37.7. The third-order valence-corrected chi connectivity index (χ3v) is 12.7. The number of piperidine rings is 2. The number of rotatable bonds is 1. The van der Waals surface area contributed by atoms with E-state index in [4.69, 9.17) is 60.1 Å². The van der Waals surface area contributed by atoms with Crippen LogP contribution < -0.4 is 10.2 Å². The van der Waals surface area contributed by atoms with E-state index in [9.17, 15) is 14.0 Å². The minimum Gasteiger partial charge on any atom is -0.356 e. The Morgan fingerprint density at radius 3 is 1.62 bits per heavy atom. The molecule has 2 aromatic heterocycles. The molecule has 4 saturated heterocycles. The van der Waals surface area contributed by atoms with Gasteiger partial charge < -0.3 is 29.2 Å². The molecule has 0 bridgehead atoms. The van der Waals surface area contributed by atoms with Gasteiger partial charge >= 0.3 is 0 Å². The van der Waals surface area contributed by atoms with Crippen molar-refractivity contribution < 1.29 is 34.3 Å². The zero-order valence-electron chi connectivity index (χ0n) is 34.1. The summed E-state index contributed by atoms with van der Waals surface area (Å²) in [6.45, 7) is 6.47. The van der Waals surface area contributed by atoms with E-state index in [-0.39, 0.29) is 17.4 Å². The second-order valence-electron chi connectivity index (χ2n) is 15.4. The smallest absolute Gasteiger partial charge is 0.195 e. The highest BCUT2D eigenvalue weighted by Crippen LogP contribution is 2.47. The number of halogens is 4. The molecule has 0 amide bonds. The normalized spacial score (nSPS) is 19.0. The lowest BCUT2D eigenvalue weighted by Crippen LogP contribution is -2.45. The number of anilines is 1. The number of ketones is 2. The van der Waals surface area contributed by atoms with E-state index in [0.717, 1.165) is 115 Å². The maximum absolute atomic E-state index is 13.3. The van der Waals surface area contributed by atoms with E-state index < -0.39 is 12.9 Å². The molecule has 4 aromatic carbocycles. The fourth-order valence-electron chi connectivity index (χ4n) is 9.13. The van der Waals surface area contributed by atoms with Gasteiger partial charge in [-0.05, 0) is 47.5 Å². The SMILES string of the molecule is C1CC2(CCN1)OCCO2.O=C1c2cc(Cl)ccc2-c2c(Cl)nc3ccccc3c21.O=C1c2cc(Cl)ccc2-c2c(N3CCC4(CC3)OCCO4)nc3ccccc3c21.[2H]CF. The van der Waals surface area contributed by atoms with Gasteiger partial charge in [0.05, 0.1) is 46.0 Å². The first-order valence-corrected chi connectivity index (χ1v) is 21.4. The molecule has 4 fully saturated rings. The van der Waals surface area contributed by atoms with Crippen molar-refractivity contribution >= 4 is 74.0 Å². The number of aromatic nitrogens is 2. The van der Waals surface area contributed by atoms with Crippen LogP contribution in [0.3, 0.4) is 0 Å². The molecular formula is C47H42Cl3FN4O6. The molecule has 6 heterocycles. The first kappa shape index (κ1) is 40.5. The van der Waals surface area contributed by atoms with Gasteiger partial charge in [0.2, 0.25) is 0 Å². The van der Waals surface area contributed by atoms with Crippen LogP contribution in [-0.4, -0.2) is 92.9 Å². The summed E-state index contributed by atoms with van der Waals surface area (Å²) in [6, 6.07) is 26.2. The number of carbonyl (C=O) groups excluding carboxylic acids is 2. The standard InChI is InChI=1S/C23H19ClN2O3.C16H7Cl2NO.C7H13NO2.CH3F/c24-14-5-6-15-17(13-14)21(27)19-16-3-1-2-4-18(16)25-22(20(15)19)26-9-7-23(8-10-26)28-11-12-29-23;17-8-5-6-9-11(7-8)15(20)13-10-3-1-2-4-12(10)19-16(18)14(9)13;1-3-8-4-2-7(1)9-5-6-10-7;1-2/h1-6,13H,7-12H2;1-7H;8H,1-6H2;1H3/i;;;1D. The number of pyridine rings is 2. The van der Waals surface area contributed by atoms with Crippen molar-refractivity contribution in [3.05, 3.63) is 122 Å². The van der Waals surface area contributed by atoms with Gasteiger partial charge in [-0.2, -0.15) is 0 Å². The molecule has 2 aliphatic carbocycles. The van der Waals surface area contributed by atoms with Crippen LogP contribution in [-0.2, 0) is 18.9 Å². The van der Waals surface area contributed by atoms with Gasteiger partial charge in [-0.15, -0.1) is 0 Å². The van der Waals surface area contributed by atoms with Crippen molar-refractivity contribution in [2.75, 3.05) is 64.7 Å². The Balaban J connectivity index is 0.000000128. The quantitative estimate of drug-likeness (QED) is 0.160. The minimum atomic E-state index is -1.00. The maximum Gasteiger partial charge on any atom is 0.195 e. The van der Waals surface area contributed by atoms with Crippen LogP contribution >= 0.6 is 34.8 Å². The Morgan fingerprint density at radius 2 is 1.08 bits per heavy atom. The van der Waals surface area contributed by atoms with Gasteiger partial charge in [0.1, 0.15) is 11.0 Å². The van der Waals surface area contributed by atoms with Crippen LogP contribution in [0.5, 0.6) is 0 Å². The Bertz CT molecular complexity index is 2690. The molecule has 0 saturated carbocycles. The molecule has 12 rings (SSSR count). The molecule has 6 aromatic rings. The van der Waals surface area contributed by atoms with Gasteiger partial charge in [-0.1, -0.05) is 83.3 Å². The highest BCUT2D eigenvalue weighted by atomic mass is 35.5. The second kappa shape index (κ2) is 17.3. The number of alkyl halides is 1. The molecule has 4 aliphatic heterocycles. The highest BCUT2D eigenvalue weighted by molar-refractivity contribution is 6.39. The van der Waals surface area contributed by atoms with Gasteiger partial charge in [0, 0.05) is 106 Å². The average molecular weight is 885 g/mol. The van der Waals surface area contributed by atoms with Crippen molar-refractivity contribution in [2.45, 2.75) is 37.3 Å². The summed E-state index contributed by atoms with van der Waals surface area (Å²) >= 11 is 18.5. The van der Waals surface area contributed by atoms with Gasteiger partial charge in [0.25, 0.3) is 0 Å². The number of hydrogen-bond donors (Lipinski definition) is 1. The van der Waals surface area contributed by atoms with Crippen LogP contribution in [0.4, 0.5) is 10.2 Å². The van der Waals surface area contributed by atoms with Crippen molar-refractivity contribution in [1.82, 2.24) is 15.3 Å². The molecular weight excluding hydrogens is 842 g/mol. The lowest BCUT2D eigenvalue weighted by atomic mass is 9.99. The Labute approximate surface area is 368 Å². The van der Waals surface area contributed by atoms with E-state index >= 15 is 0 Å².